The van der Waals surface area contributed by atoms with E-state index in [1.807, 2.05) is 31.2 Å². The van der Waals surface area contributed by atoms with Gasteiger partial charge in [-0.15, -0.1) is 0 Å². The Balaban J connectivity index is 1.70. The number of benzene rings is 1. The number of nitrogens with one attached hydrogen (secondary N) is 1. The number of hydrogen-bond acceptors (Lipinski definition) is 5. The van der Waals surface area contributed by atoms with E-state index in [1.54, 1.807) is 0 Å². The number of aliphatic hydroxyl groups excluding tert-OH is 2. The van der Waals surface area contributed by atoms with Crippen molar-refractivity contribution in [2.75, 3.05) is 26.4 Å². The molecule has 1 aromatic carbocycles. The molecular formula is C17H25NO5. The predicted molar refractivity (Wildman–Crippen MR) is 85.3 cm³/mol. The summed E-state index contributed by atoms with van der Waals surface area (Å²) in [5.41, 5.74) is 1.07. The zero-order valence-corrected chi connectivity index (χ0v) is 13.4. The molecule has 0 saturated carbocycles. The fourth-order valence-corrected chi connectivity index (χ4v) is 2.54. The maximum Gasteiger partial charge on any atom is 0.220 e. The van der Waals surface area contributed by atoms with Crippen LogP contribution in [0.5, 0.6) is 5.75 Å². The van der Waals surface area contributed by atoms with E-state index in [2.05, 4.69) is 5.32 Å². The lowest BCUT2D eigenvalue weighted by Gasteiger charge is -2.31. The summed E-state index contributed by atoms with van der Waals surface area (Å²) in [4.78, 5) is 11.9. The van der Waals surface area contributed by atoms with Crippen molar-refractivity contribution >= 4 is 5.91 Å². The topological polar surface area (TPSA) is 88.0 Å². The number of aliphatic hydroxyl groups is 2. The van der Waals surface area contributed by atoms with Crippen molar-refractivity contribution in [3.63, 3.8) is 0 Å². The van der Waals surface area contributed by atoms with Gasteiger partial charge in [0, 0.05) is 18.9 Å². The summed E-state index contributed by atoms with van der Waals surface area (Å²) < 4.78 is 10.6. The number of aryl methyl sites for hydroxylation is 1. The van der Waals surface area contributed by atoms with Crippen LogP contribution < -0.4 is 10.1 Å². The zero-order valence-electron chi connectivity index (χ0n) is 13.4. The van der Waals surface area contributed by atoms with Gasteiger partial charge in [0.05, 0.1) is 25.9 Å². The van der Waals surface area contributed by atoms with E-state index >= 15 is 0 Å². The van der Waals surface area contributed by atoms with Crippen molar-refractivity contribution in [1.29, 1.82) is 0 Å². The molecule has 23 heavy (non-hydrogen) atoms. The maximum absolute atomic E-state index is 11.9. The minimum Gasteiger partial charge on any atom is -0.494 e. The molecule has 1 aliphatic rings. The summed E-state index contributed by atoms with van der Waals surface area (Å²) in [5, 5.41) is 22.2. The second kappa shape index (κ2) is 8.86. The molecule has 6 heteroatoms. The molecule has 1 fully saturated rings. The monoisotopic (exact) mass is 323 g/mol. The van der Waals surface area contributed by atoms with Crippen LogP contribution in [0.15, 0.2) is 24.3 Å². The molecule has 128 valence electrons. The lowest BCUT2D eigenvalue weighted by molar-refractivity contribution is -0.128. The van der Waals surface area contributed by atoms with Crippen LogP contribution in [0.3, 0.4) is 0 Å². The van der Waals surface area contributed by atoms with E-state index in [-0.39, 0.29) is 18.4 Å². The van der Waals surface area contributed by atoms with E-state index in [0.717, 1.165) is 11.3 Å². The highest BCUT2D eigenvalue weighted by Crippen LogP contribution is 2.15. The summed E-state index contributed by atoms with van der Waals surface area (Å²) >= 11 is 0. The van der Waals surface area contributed by atoms with E-state index < -0.39 is 12.2 Å². The Labute approximate surface area is 136 Å². The standard InChI is InChI=1S/C17H25NO5/c1-2-23-14-6-3-12(4-7-14)5-8-16(20)18-9-13-10-22-11-15(19)17(13)21/h3-4,6-7,13,15,17,19,21H,2,5,8-11H2,1H3,(H,18,20)/t13-,15-,17+/m1/s1. The third-order valence-electron chi connectivity index (χ3n) is 3.93. The fourth-order valence-electron chi connectivity index (χ4n) is 2.54. The van der Waals surface area contributed by atoms with Gasteiger partial charge in [0.1, 0.15) is 11.9 Å². The van der Waals surface area contributed by atoms with Crippen molar-refractivity contribution in [3.8, 4) is 5.75 Å². The van der Waals surface area contributed by atoms with Crippen LogP contribution in [-0.4, -0.2) is 54.7 Å². The second-order valence-electron chi connectivity index (χ2n) is 5.74. The van der Waals surface area contributed by atoms with Gasteiger partial charge in [-0.05, 0) is 31.0 Å². The van der Waals surface area contributed by atoms with Crippen molar-refractivity contribution in [1.82, 2.24) is 5.32 Å². The van der Waals surface area contributed by atoms with Crippen molar-refractivity contribution in [3.05, 3.63) is 29.8 Å². The molecule has 2 rings (SSSR count). The van der Waals surface area contributed by atoms with E-state index in [1.165, 1.54) is 0 Å². The molecule has 1 saturated heterocycles. The Morgan fingerprint density at radius 2 is 2.04 bits per heavy atom. The highest BCUT2D eigenvalue weighted by Gasteiger charge is 2.31. The minimum absolute atomic E-state index is 0.0776. The number of amides is 1. The first-order valence-corrected chi connectivity index (χ1v) is 8.02. The molecular weight excluding hydrogens is 298 g/mol. The molecule has 3 atom stereocenters. The molecule has 0 bridgehead atoms. The molecule has 0 aromatic heterocycles. The fraction of sp³-hybridized carbons (Fsp3) is 0.588. The highest BCUT2D eigenvalue weighted by atomic mass is 16.5. The van der Waals surface area contributed by atoms with E-state index in [0.29, 0.717) is 32.6 Å². The van der Waals surface area contributed by atoms with E-state index in [4.69, 9.17) is 9.47 Å². The smallest absolute Gasteiger partial charge is 0.220 e. The molecule has 1 amide bonds. The average molecular weight is 323 g/mol. The Bertz CT molecular complexity index is 490. The van der Waals surface area contributed by atoms with Crippen LogP contribution in [0.2, 0.25) is 0 Å². The van der Waals surface area contributed by atoms with Crippen LogP contribution in [0.4, 0.5) is 0 Å². The first-order chi connectivity index (χ1) is 11.1. The Morgan fingerprint density at radius 1 is 1.30 bits per heavy atom. The Morgan fingerprint density at radius 3 is 2.74 bits per heavy atom. The van der Waals surface area contributed by atoms with Gasteiger partial charge in [-0.1, -0.05) is 12.1 Å². The molecule has 0 unspecified atom stereocenters. The summed E-state index contributed by atoms with van der Waals surface area (Å²) in [5.74, 6) is 0.477. The lowest BCUT2D eigenvalue weighted by Crippen LogP contribution is -2.48. The quantitative estimate of drug-likeness (QED) is 0.680. The normalized spacial score (nSPS) is 24.2. The number of rotatable bonds is 7. The van der Waals surface area contributed by atoms with Crippen molar-refractivity contribution in [2.24, 2.45) is 5.92 Å². The zero-order chi connectivity index (χ0) is 16.7. The van der Waals surface area contributed by atoms with Gasteiger partial charge >= 0.3 is 0 Å². The van der Waals surface area contributed by atoms with Gasteiger partial charge in [-0.25, -0.2) is 0 Å². The number of hydrogen-bond donors (Lipinski definition) is 3. The molecule has 6 nitrogen and oxygen atoms in total. The number of carbonyl (C=O) groups excluding carboxylic acids is 1. The van der Waals surface area contributed by atoms with Gasteiger partial charge < -0.3 is 25.0 Å². The Kier molecular flexibility index (Phi) is 6.83. The third-order valence-corrected chi connectivity index (χ3v) is 3.93. The predicted octanol–water partition coefficient (Wildman–Crippen LogP) is 0.502. The van der Waals surface area contributed by atoms with Crippen LogP contribution in [0, 0.1) is 5.92 Å². The lowest BCUT2D eigenvalue weighted by atomic mass is 9.96. The van der Waals surface area contributed by atoms with Crippen LogP contribution in [-0.2, 0) is 16.0 Å². The van der Waals surface area contributed by atoms with Gasteiger partial charge in [-0.2, -0.15) is 0 Å². The first-order valence-electron chi connectivity index (χ1n) is 8.02. The van der Waals surface area contributed by atoms with Gasteiger partial charge in [0.15, 0.2) is 0 Å². The van der Waals surface area contributed by atoms with Crippen molar-refractivity contribution in [2.45, 2.75) is 32.0 Å². The summed E-state index contributed by atoms with van der Waals surface area (Å²) in [6, 6.07) is 7.70. The summed E-state index contributed by atoms with van der Waals surface area (Å²) in [7, 11) is 0. The van der Waals surface area contributed by atoms with Gasteiger partial charge in [0.25, 0.3) is 0 Å². The molecule has 0 radical (unpaired) electrons. The average Bonchev–Trinajstić information content (AvgIpc) is 2.56. The first kappa shape index (κ1) is 17.7. The molecule has 3 N–H and O–H groups in total. The van der Waals surface area contributed by atoms with Gasteiger partial charge in [0.2, 0.25) is 5.91 Å². The number of carbonyl (C=O) groups is 1. The molecule has 1 aromatic rings. The molecule has 1 aliphatic heterocycles. The Hall–Kier alpha value is -1.63. The second-order valence-corrected chi connectivity index (χ2v) is 5.74. The summed E-state index contributed by atoms with van der Waals surface area (Å²) in [6.07, 6.45) is -0.713. The van der Waals surface area contributed by atoms with Crippen molar-refractivity contribution < 1.29 is 24.5 Å². The summed E-state index contributed by atoms with van der Waals surface area (Å²) in [6.45, 7) is 3.36. The highest BCUT2D eigenvalue weighted by molar-refractivity contribution is 5.76. The third kappa shape index (κ3) is 5.49. The maximum atomic E-state index is 11.9. The van der Waals surface area contributed by atoms with Crippen LogP contribution in [0.1, 0.15) is 18.9 Å². The SMILES string of the molecule is CCOc1ccc(CCC(=O)NC[C@@H]2COC[C@@H](O)[C@H]2O)cc1. The van der Waals surface area contributed by atoms with Gasteiger partial charge in [-0.3, -0.25) is 4.79 Å². The number of ether oxygens (including phenoxy) is 2. The minimum atomic E-state index is -0.880. The van der Waals surface area contributed by atoms with E-state index in [9.17, 15) is 15.0 Å². The molecule has 1 heterocycles. The molecule has 0 aliphatic carbocycles. The molecule has 0 spiro atoms. The van der Waals surface area contributed by atoms with Crippen LogP contribution >= 0.6 is 0 Å². The largest absolute Gasteiger partial charge is 0.494 e. The van der Waals surface area contributed by atoms with Crippen LogP contribution in [0.25, 0.3) is 0 Å².